The highest BCUT2D eigenvalue weighted by atomic mass is 16.2. The van der Waals surface area contributed by atoms with Crippen molar-refractivity contribution in [1.82, 2.24) is 15.5 Å². The molecule has 0 saturated carbocycles. The number of nitrogens with one attached hydrogen (secondary N) is 2. The molecule has 7 nitrogen and oxygen atoms in total. The van der Waals surface area contributed by atoms with Gasteiger partial charge in [-0.2, -0.15) is 0 Å². The summed E-state index contributed by atoms with van der Waals surface area (Å²) >= 11 is 0. The molecule has 1 aliphatic rings. The first-order valence-electron chi connectivity index (χ1n) is 10.0. The predicted molar refractivity (Wildman–Crippen MR) is 115 cm³/mol. The molecule has 2 aromatic carbocycles. The van der Waals surface area contributed by atoms with Gasteiger partial charge < -0.3 is 21.3 Å². The van der Waals surface area contributed by atoms with Crippen LogP contribution in [-0.4, -0.2) is 49.7 Å². The molecule has 29 heavy (non-hydrogen) atoms. The molecule has 1 unspecified atom stereocenters. The Bertz CT molecular complexity index is 827. The van der Waals surface area contributed by atoms with Crippen LogP contribution < -0.4 is 21.3 Å². The Kier molecular flexibility index (Phi) is 7.08. The standard InChI is InChI=1S/C22H29N5O2/c1-17(19-8-5-9-20(16-19)27-15-12-24-21(27)28)25-22(29)26(14-11-23)13-10-18-6-3-2-4-7-18/h2-9,16-17H,10-15,23H2,1H3,(H,24,28)(H,25,29). The number of carbonyl (C=O) groups excluding carboxylic acids is 2. The molecule has 0 bridgehead atoms. The molecule has 1 heterocycles. The van der Waals surface area contributed by atoms with Crippen LogP contribution in [0.4, 0.5) is 15.3 Å². The fourth-order valence-electron chi connectivity index (χ4n) is 3.42. The molecule has 0 aromatic heterocycles. The monoisotopic (exact) mass is 395 g/mol. The maximum absolute atomic E-state index is 12.8. The second-order valence-corrected chi connectivity index (χ2v) is 7.16. The third-order valence-electron chi connectivity index (χ3n) is 5.08. The molecule has 2 aromatic rings. The third kappa shape index (κ3) is 5.48. The molecule has 4 amide bonds. The van der Waals surface area contributed by atoms with Crippen LogP contribution in [0.1, 0.15) is 24.1 Å². The summed E-state index contributed by atoms with van der Waals surface area (Å²) in [6.07, 6.45) is 0.780. The van der Waals surface area contributed by atoms with Crippen molar-refractivity contribution >= 4 is 17.7 Å². The van der Waals surface area contributed by atoms with Crippen molar-refractivity contribution < 1.29 is 9.59 Å². The second kappa shape index (κ2) is 9.93. The third-order valence-corrected chi connectivity index (χ3v) is 5.08. The van der Waals surface area contributed by atoms with Gasteiger partial charge >= 0.3 is 12.1 Å². The summed E-state index contributed by atoms with van der Waals surface area (Å²) < 4.78 is 0. The normalized spacial score (nSPS) is 14.4. The Morgan fingerprint density at radius 3 is 2.69 bits per heavy atom. The zero-order valence-electron chi connectivity index (χ0n) is 16.8. The van der Waals surface area contributed by atoms with Gasteiger partial charge in [-0.25, -0.2) is 9.59 Å². The van der Waals surface area contributed by atoms with Crippen LogP contribution in [0.5, 0.6) is 0 Å². The Morgan fingerprint density at radius 2 is 2.00 bits per heavy atom. The van der Waals surface area contributed by atoms with Crippen LogP contribution in [0.25, 0.3) is 0 Å². The summed E-state index contributed by atoms with van der Waals surface area (Å²) in [5, 5.41) is 5.86. The lowest BCUT2D eigenvalue weighted by molar-refractivity contribution is 0.196. The van der Waals surface area contributed by atoms with Crippen LogP contribution in [0.3, 0.4) is 0 Å². The molecule has 1 saturated heterocycles. The van der Waals surface area contributed by atoms with Crippen molar-refractivity contribution in [2.75, 3.05) is 37.6 Å². The summed E-state index contributed by atoms with van der Waals surface area (Å²) in [5.74, 6) is 0. The van der Waals surface area contributed by atoms with Gasteiger partial charge in [0.15, 0.2) is 0 Å². The van der Waals surface area contributed by atoms with Gasteiger partial charge in [0, 0.05) is 38.4 Å². The van der Waals surface area contributed by atoms with Crippen LogP contribution in [0.15, 0.2) is 54.6 Å². The molecule has 154 valence electrons. The van der Waals surface area contributed by atoms with E-state index in [1.807, 2.05) is 49.4 Å². The first-order chi connectivity index (χ1) is 14.1. The van der Waals surface area contributed by atoms with Gasteiger partial charge in [-0.3, -0.25) is 4.90 Å². The van der Waals surface area contributed by atoms with Gasteiger partial charge in [-0.05, 0) is 36.6 Å². The zero-order chi connectivity index (χ0) is 20.6. The summed E-state index contributed by atoms with van der Waals surface area (Å²) in [6.45, 7) is 4.75. The van der Waals surface area contributed by atoms with E-state index in [1.165, 1.54) is 5.56 Å². The van der Waals surface area contributed by atoms with Gasteiger partial charge in [0.2, 0.25) is 0 Å². The quantitative estimate of drug-likeness (QED) is 0.641. The molecule has 0 spiro atoms. The van der Waals surface area contributed by atoms with E-state index in [-0.39, 0.29) is 18.1 Å². The molecule has 4 N–H and O–H groups in total. The van der Waals surface area contributed by atoms with Gasteiger partial charge in [0.25, 0.3) is 0 Å². The highest BCUT2D eigenvalue weighted by Gasteiger charge is 2.22. The maximum Gasteiger partial charge on any atom is 0.321 e. The fraction of sp³-hybridized carbons (Fsp3) is 0.364. The van der Waals surface area contributed by atoms with Crippen LogP contribution in [0.2, 0.25) is 0 Å². The summed E-state index contributed by atoms with van der Waals surface area (Å²) in [7, 11) is 0. The van der Waals surface area contributed by atoms with E-state index >= 15 is 0 Å². The first kappa shape index (κ1) is 20.7. The Labute approximate surface area is 171 Å². The fourth-order valence-corrected chi connectivity index (χ4v) is 3.42. The molecular formula is C22H29N5O2. The van der Waals surface area contributed by atoms with Crippen molar-refractivity contribution in [3.05, 3.63) is 65.7 Å². The number of nitrogens with zero attached hydrogens (tertiary/aromatic N) is 2. The molecular weight excluding hydrogens is 366 g/mol. The minimum Gasteiger partial charge on any atom is -0.336 e. The second-order valence-electron chi connectivity index (χ2n) is 7.16. The Balaban J connectivity index is 1.62. The van der Waals surface area contributed by atoms with Crippen LogP contribution >= 0.6 is 0 Å². The summed E-state index contributed by atoms with van der Waals surface area (Å²) in [5.41, 5.74) is 8.69. The van der Waals surface area contributed by atoms with Gasteiger partial charge in [0.1, 0.15) is 0 Å². The van der Waals surface area contributed by atoms with E-state index in [2.05, 4.69) is 22.8 Å². The minimum atomic E-state index is -0.190. The van der Waals surface area contributed by atoms with E-state index in [9.17, 15) is 9.59 Å². The van der Waals surface area contributed by atoms with Crippen molar-refractivity contribution in [2.45, 2.75) is 19.4 Å². The van der Waals surface area contributed by atoms with E-state index in [0.29, 0.717) is 32.7 Å². The minimum absolute atomic E-state index is 0.0890. The molecule has 0 aliphatic carbocycles. The number of urea groups is 2. The number of benzene rings is 2. The lowest BCUT2D eigenvalue weighted by atomic mass is 10.1. The Morgan fingerprint density at radius 1 is 1.21 bits per heavy atom. The van der Waals surface area contributed by atoms with Crippen molar-refractivity contribution in [3.8, 4) is 0 Å². The zero-order valence-corrected chi connectivity index (χ0v) is 16.8. The molecule has 1 aliphatic heterocycles. The highest BCUT2D eigenvalue weighted by Crippen LogP contribution is 2.22. The van der Waals surface area contributed by atoms with E-state index in [0.717, 1.165) is 17.7 Å². The number of anilines is 1. The lowest BCUT2D eigenvalue weighted by Gasteiger charge is -2.25. The molecule has 1 atom stereocenters. The number of hydrogen-bond acceptors (Lipinski definition) is 3. The lowest BCUT2D eigenvalue weighted by Crippen LogP contribution is -2.44. The topological polar surface area (TPSA) is 90.7 Å². The highest BCUT2D eigenvalue weighted by molar-refractivity contribution is 5.94. The summed E-state index contributed by atoms with van der Waals surface area (Å²) in [4.78, 5) is 28.2. The van der Waals surface area contributed by atoms with Gasteiger partial charge in [-0.1, -0.05) is 42.5 Å². The van der Waals surface area contributed by atoms with E-state index in [4.69, 9.17) is 5.73 Å². The number of nitrogens with two attached hydrogens (primary N) is 1. The number of rotatable bonds is 8. The van der Waals surface area contributed by atoms with E-state index in [1.54, 1.807) is 9.80 Å². The van der Waals surface area contributed by atoms with Gasteiger partial charge in [-0.15, -0.1) is 0 Å². The summed E-state index contributed by atoms with van der Waals surface area (Å²) in [6, 6.07) is 17.4. The Hall–Kier alpha value is -3.06. The smallest absolute Gasteiger partial charge is 0.321 e. The molecule has 7 heteroatoms. The first-order valence-corrected chi connectivity index (χ1v) is 10.0. The number of amides is 4. The maximum atomic E-state index is 12.8. The number of carbonyl (C=O) groups is 2. The number of hydrogen-bond donors (Lipinski definition) is 3. The van der Waals surface area contributed by atoms with Crippen molar-refractivity contribution in [3.63, 3.8) is 0 Å². The average Bonchev–Trinajstić information content (AvgIpc) is 3.17. The average molecular weight is 396 g/mol. The SMILES string of the molecule is CC(NC(=O)N(CCN)CCc1ccccc1)c1cccc(N2CCNC2=O)c1. The van der Waals surface area contributed by atoms with Crippen LogP contribution in [0, 0.1) is 0 Å². The van der Waals surface area contributed by atoms with Crippen LogP contribution in [-0.2, 0) is 6.42 Å². The van der Waals surface area contributed by atoms with Crippen molar-refractivity contribution in [1.29, 1.82) is 0 Å². The molecule has 0 radical (unpaired) electrons. The molecule has 3 rings (SSSR count). The predicted octanol–water partition coefficient (Wildman–Crippen LogP) is 2.49. The largest absolute Gasteiger partial charge is 0.336 e. The van der Waals surface area contributed by atoms with Crippen molar-refractivity contribution in [2.24, 2.45) is 5.73 Å². The van der Waals surface area contributed by atoms with Gasteiger partial charge in [0.05, 0.1) is 6.04 Å². The molecule has 1 fully saturated rings. The van der Waals surface area contributed by atoms with E-state index < -0.39 is 0 Å².